The Bertz CT molecular complexity index is 961. The molecule has 2 heterocycles. The van der Waals surface area contributed by atoms with Crippen LogP contribution in [0.2, 0.25) is 0 Å². The molecule has 0 aliphatic carbocycles. The van der Waals surface area contributed by atoms with Crippen molar-refractivity contribution in [3.05, 3.63) is 58.7 Å². The van der Waals surface area contributed by atoms with Crippen LogP contribution < -0.4 is 0 Å². The van der Waals surface area contributed by atoms with Gasteiger partial charge >= 0.3 is 18.2 Å². The van der Waals surface area contributed by atoms with Gasteiger partial charge in [0.2, 0.25) is 0 Å². The van der Waals surface area contributed by atoms with Gasteiger partial charge in [0.15, 0.2) is 0 Å². The largest absolute Gasteiger partial charge is 0.463 e. The van der Waals surface area contributed by atoms with Gasteiger partial charge in [-0.05, 0) is 57.2 Å². The summed E-state index contributed by atoms with van der Waals surface area (Å²) in [6.45, 7) is 9.23. The molecule has 2 amide bonds. The monoisotopic (exact) mass is 470 g/mol. The normalized spacial score (nSPS) is 16.6. The van der Waals surface area contributed by atoms with E-state index in [1.807, 2.05) is 57.2 Å². The van der Waals surface area contributed by atoms with E-state index in [4.69, 9.17) is 14.2 Å². The van der Waals surface area contributed by atoms with Gasteiger partial charge in [-0.3, -0.25) is 0 Å². The quantitative estimate of drug-likeness (QED) is 0.467. The zero-order chi connectivity index (χ0) is 24.7. The Morgan fingerprint density at radius 3 is 2.26 bits per heavy atom. The third kappa shape index (κ3) is 6.85. The number of rotatable bonds is 5. The molecule has 0 fully saturated rings. The van der Waals surface area contributed by atoms with Gasteiger partial charge < -0.3 is 24.0 Å². The number of ether oxygens (including phenoxy) is 3. The van der Waals surface area contributed by atoms with Gasteiger partial charge in [-0.15, -0.1) is 0 Å². The Labute approximate surface area is 201 Å². The fourth-order valence-electron chi connectivity index (χ4n) is 3.90. The van der Waals surface area contributed by atoms with Crippen LogP contribution in [0, 0.1) is 0 Å². The van der Waals surface area contributed by atoms with Crippen molar-refractivity contribution in [2.24, 2.45) is 0 Å². The van der Waals surface area contributed by atoms with Crippen LogP contribution in [0.25, 0.3) is 0 Å². The summed E-state index contributed by atoms with van der Waals surface area (Å²) in [5.41, 5.74) is 2.66. The fourth-order valence-corrected chi connectivity index (χ4v) is 3.90. The highest BCUT2D eigenvalue weighted by atomic mass is 16.6. The highest BCUT2D eigenvalue weighted by Gasteiger charge is 2.31. The molecule has 8 heteroatoms. The van der Waals surface area contributed by atoms with Gasteiger partial charge in [-0.25, -0.2) is 14.4 Å². The molecule has 2 aliphatic rings. The number of carbonyl (C=O) groups excluding carboxylic acids is 3. The fraction of sp³-hybridized carbons (Fsp3) is 0.500. The van der Waals surface area contributed by atoms with E-state index in [1.165, 1.54) is 0 Å². The number of hydrogen-bond donors (Lipinski definition) is 0. The Kier molecular flexibility index (Phi) is 8.36. The first-order valence-electron chi connectivity index (χ1n) is 11.7. The minimum Gasteiger partial charge on any atom is -0.463 e. The maximum atomic E-state index is 12.8. The van der Waals surface area contributed by atoms with E-state index in [0.717, 1.165) is 16.7 Å². The third-order valence-electron chi connectivity index (χ3n) is 5.58. The highest BCUT2D eigenvalue weighted by Crippen LogP contribution is 2.30. The maximum absolute atomic E-state index is 12.8. The number of carbonyl (C=O) groups is 3. The minimum atomic E-state index is -0.565. The first-order valence-corrected chi connectivity index (χ1v) is 11.7. The van der Waals surface area contributed by atoms with E-state index in [2.05, 4.69) is 0 Å². The topological polar surface area (TPSA) is 85.4 Å². The third-order valence-corrected chi connectivity index (χ3v) is 5.58. The van der Waals surface area contributed by atoms with Crippen molar-refractivity contribution in [2.45, 2.75) is 52.7 Å². The average molecular weight is 471 g/mol. The second-order valence-electron chi connectivity index (χ2n) is 9.30. The molecule has 3 rings (SSSR count). The van der Waals surface area contributed by atoms with Crippen LogP contribution in [0.5, 0.6) is 0 Å². The van der Waals surface area contributed by atoms with Crippen LogP contribution >= 0.6 is 0 Å². The molecule has 0 N–H and O–H groups in total. The molecule has 0 saturated carbocycles. The summed E-state index contributed by atoms with van der Waals surface area (Å²) < 4.78 is 16.2. The molecule has 0 radical (unpaired) electrons. The molecule has 1 aromatic rings. The lowest BCUT2D eigenvalue weighted by molar-refractivity contribution is -0.138. The van der Waals surface area contributed by atoms with Crippen molar-refractivity contribution in [2.75, 3.05) is 32.8 Å². The van der Waals surface area contributed by atoms with Crippen molar-refractivity contribution in [1.29, 1.82) is 0 Å². The lowest BCUT2D eigenvalue weighted by Crippen LogP contribution is -2.41. The van der Waals surface area contributed by atoms with Crippen molar-refractivity contribution in [3.63, 3.8) is 0 Å². The predicted molar refractivity (Wildman–Crippen MR) is 127 cm³/mol. The maximum Gasteiger partial charge on any atom is 0.410 e. The van der Waals surface area contributed by atoms with Gasteiger partial charge in [0, 0.05) is 31.8 Å². The number of esters is 1. The molecule has 0 aromatic heterocycles. The van der Waals surface area contributed by atoms with E-state index in [0.29, 0.717) is 38.0 Å². The molecule has 0 bridgehead atoms. The number of hydrogen-bond acceptors (Lipinski definition) is 6. The van der Waals surface area contributed by atoms with Crippen LogP contribution in [0.1, 0.15) is 46.1 Å². The Morgan fingerprint density at radius 2 is 1.65 bits per heavy atom. The van der Waals surface area contributed by atoms with E-state index in [9.17, 15) is 14.4 Å². The van der Waals surface area contributed by atoms with E-state index < -0.39 is 11.7 Å². The summed E-state index contributed by atoms with van der Waals surface area (Å²) in [6.07, 6.45) is 2.10. The Balaban J connectivity index is 1.72. The van der Waals surface area contributed by atoms with Crippen LogP contribution in [-0.4, -0.2) is 66.3 Å². The molecule has 0 spiro atoms. The number of benzene rings is 1. The average Bonchev–Trinajstić information content (AvgIpc) is 2.82. The molecule has 184 valence electrons. The van der Waals surface area contributed by atoms with Gasteiger partial charge in [-0.2, -0.15) is 0 Å². The number of amides is 2. The lowest BCUT2D eigenvalue weighted by Gasteiger charge is -2.34. The van der Waals surface area contributed by atoms with Crippen molar-refractivity contribution in [3.8, 4) is 0 Å². The van der Waals surface area contributed by atoms with Gasteiger partial charge in [-0.1, -0.05) is 36.4 Å². The molecular weight excluding hydrogens is 436 g/mol. The smallest absolute Gasteiger partial charge is 0.410 e. The molecule has 34 heavy (non-hydrogen) atoms. The molecule has 0 saturated heterocycles. The molecule has 0 unspecified atom stereocenters. The zero-order valence-electron chi connectivity index (χ0n) is 20.5. The summed E-state index contributed by atoms with van der Waals surface area (Å²) in [5.74, 6) is -0.356. The summed E-state index contributed by atoms with van der Waals surface area (Å²) in [7, 11) is 0. The molecule has 2 aliphatic heterocycles. The zero-order valence-corrected chi connectivity index (χ0v) is 20.5. The molecule has 1 aromatic carbocycles. The Morgan fingerprint density at radius 1 is 0.941 bits per heavy atom. The van der Waals surface area contributed by atoms with Gasteiger partial charge in [0.1, 0.15) is 12.2 Å². The van der Waals surface area contributed by atoms with Crippen molar-refractivity contribution >= 4 is 18.2 Å². The summed E-state index contributed by atoms with van der Waals surface area (Å²) in [4.78, 5) is 41.0. The minimum absolute atomic E-state index is 0.188. The van der Waals surface area contributed by atoms with Crippen LogP contribution in [-0.2, 0) is 25.6 Å². The van der Waals surface area contributed by atoms with Crippen molar-refractivity contribution in [1.82, 2.24) is 9.80 Å². The highest BCUT2D eigenvalue weighted by molar-refractivity contribution is 5.91. The Hall–Kier alpha value is -3.29. The van der Waals surface area contributed by atoms with Crippen LogP contribution in [0.15, 0.2) is 53.1 Å². The van der Waals surface area contributed by atoms with E-state index in [-0.39, 0.29) is 31.8 Å². The first-order chi connectivity index (χ1) is 16.2. The second-order valence-corrected chi connectivity index (χ2v) is 9.30. The summed E-state index contributed by atoms with van der Waals surface area (Å²) >= 11 is 0. The lowest BCUT2D eigenvalue weighted by atomic mass is 9.90. The number of nitrogens with zero attached hydrogens (tertiary/aromatic N) is 2. The standard InChI is InChI=1S/C26H34N2O6/c1-5-32-23(29)21-13-16-28(24(30)33-18-19-9-7-6-8-10-19)17-22(21)20-11-14-27(15-12-20)25(31)34-26(2,3)4/h6-11H,5,12-18H2,1-4H3. The van der Waals surface area contributed by atoms with E-state index >= 15 is 0 Å². The summed E-state index contributed by atoms with van der Waals surface area (Å²) in [6, 6.07) is 9.50. The van der Waals surface area contributed by atoms with Crippen LogP contribution in [0.4, 0.5) is 9.59 Å². The van der Waals surface area contributed by atoms with Gasteiger partial charge in [0.05, 0.1) is 6.61 Å². The van der Waals surface area contributed by atoms with Crippen LogP contribution in [0.3, 0.4) is 0 Å². The molecular formula is C26H34N2O6. The SMILES string of the molecule is CCOC(=O)C1=C(C2=CCN(C(=O)OC(C)(C)C)CC2)CN(C(=O)OCc2ccccc2)CC1. The summed E-state index contributed by atoms with van der Waals surface area (Å²) in [5, 5.41) is 0. The first kappa shape index (κ1) is 25.3. The molecule has 8 nitrogen and oxygen atoms in total. The van der Waals surface area contributed by atoms with Gasteiger partial charge in [0.25, 0.3) is 0 Å². The predicted octanol–water partition coefficient (Wildman–Crippen LogP) is 4.46. The second kappa shape index (κ2) is 11.2. The van der Waals surface area contributed by atoms with E-state index in [1.54, 1.807) is 16.7 Å². The molecule has 0 atom stereocenters. The van der Waals surface area contributed by atoms with Crippen molar-refractivity contribution < 1.29 is 28.6 Å².